The molecule has 1 aliphatic rings. The van der Waals surface area contributed by atoms with Crippen molar-refractivity contribution in [2.45, 2.75) is 36.1 Å². The fraction of sp³-hybridized carbons (Fsp3) is 0.412. The number of halogens is 6. The maximum Gasteiger partial charge on any atom is 0.433 e. The van der Waals surface area contributed by atoms with Crippen LogP contribution in [0.15, 0.2) is 40.0 Å². The largest absolute Gasteiger partial charge is 0.433 e. The van der Waals surface area contributed by atoms with Crippen LogP contribution in [0, 0.1) is 0 Å². The number of anilines is 1. The molecule has 0 bridgehead atoms. The first kappa shape index (κ1) is 23.1. The minimum Gasteiger partial charge on any atom is -0.353 e. The van der Waals surface area contributed by atoms with Crippen molar-refractivity contribution >= 4 is 16.0 Å². The fourth-order valence-electron chi connectivity index (χ4n) is 3.17. The van der Waals surface area contributed by atoms with E-state index in [1.165, 1.54) is 6.07 Å². The number of piperidine rings is 1. The van der Waals surface area contributed by atoms with E-state index in [2.05, 4.69) is 15.3 Å². The second-order valence-corrected chi connectivity index (χ2v) is 8.70. The SMILES string of the molecule is O=c1cc(C(F)(F)F)nc(NC2CCN(S(=O)(=O)c3ccccc3C(F)(F)F)CC2)[nH]1. The number of hydrogen-bond acceptors (Lipinski definition) is 5. The summed E-state index contributed by atoms with van der Waals surface area (Å²) in [6, 6.07) is 3.58. The number of nitrogens with zero attached hydrogens (tertiary/aromatic N) is 2. The van der Waals surface area contributed by atoms with Gasteiger partial charge >= 0.3 is 12.4 Å². The van der Waals surface area contributed by atoms with Gasteiger partial charge in [0.1, 0.15) is 0 Å². The molecule has 1 aromatic carbocycles. The van der Waals surface area contributed by atoms with Crippen molar-refractivity contribution in [3.05, 3.63) is 51.9 Å². The number of hydrogen-bond donors (Lipinski definition) is 2. The lowest BCUT2D eigenvalue weighted by Gasteiger charge is -2.32. The van der Waals surface area contributed by atoms with Crippen LogP contribution in [-0.2, 0) is 22.4 Å². The Labute approximate surface area is 172 Å². The standard InChI is InChI=1S/C17H16F6N4O3S/c18-16(19,20)11-3-1-2-4-12(11)31(29,30)27-7-5-10(6-8-27)24-15-25-13(17(21,22)23)9-14(28)26-15/h1-4,9-10H,5-8H2,(H2,24,25,26,28). The van der Waals surface area contributed by atoms with Crippen LogP contribution in [0.4, 0.5) is 32.3 Å². The van der Waals surface area contributed by atoms with E-state index in [1.54, 1.807) is 0 Å². The van der Waals surface area contributed by atoms with Gasteiger partial charge in [-0.25, -0.2) is 13.4 Å². The van der Waals surface area contributed by atoms with Crippen LogP contribution in [0.25, 0.3) is 0 Å². The van der Waals surface area contributed by atoms with Crippen LogP contribution >= 0.6 is 0 Å². The Morgan fingerprint density at radius 2 is 1.65 bits per heavy atom. The molecule has 14 heteroatoms. The van der Waals surface area contributed by atoms with E-state index in [0.717, 1.165) is 16.4 Å². The summed E-state index contributed by atoms with van der Waals surface area (Å²) in [6.45, 7) is -0.342. The van der Waals surface area contributed by atoms with E-state index in [0.29, 0.717) is 12.1 Å². The molecule has 0 saturated carbocycles. The number of aromatic amines is 1. The van der Waals surface area contributed by atoms with Crippen molar-refractivity contribution in [3.63, 3.8) is 0 Å². The van der Waals surface area contributed by atoms with Crippen LogP contribution < -0.4 is 10.9 Å². The first-order valence-electron chi connectivity index (χ1n) is 8.90. The third-order valence-corrected chi connectivity index (χ3v) is 6.59. The summed E-state index contributed by atoms with van der Waals surface area (Å²) in [5.74, 6) is -0.427. The molecular formula is C17H16F6N4O3S. The van der Waals surface area contributed by atoms with Gasteiger partial charge in [-0.1, -0.05) is 12.1 Å². The van der Waals surface area contributed by atoms with Gasteiger partial charge in [-0.3, -0.25) is 9.78 Å². The quantitative estimate of drug-likeness (QED) is 0.670. The smallest absolute Gasteiger partial charge is 0.353 e. The summed E-state index contributed by atoms with van der Waals surface area (Å²) in [4.78, 5) is 16.0. The minimum atomic E-state index is -4.86. The van der Waals surface area contributed by atoms with Crippen LogP contribution in [0.2, 0.25) is 0 Å². The third kappa shape index (κ3) is 5.18. The maximum absolute atomic E-state index is 13.2. The first-order chi connectivity index (χ1) is 14.3. The lowest BCUT2D eigenvalue weighted by atomic mass is 10.1. The van der Waals surface area contributed by atoms with E-state index < -0.39 is 56.1 Å². The number of rotatable bonds is 4. The molecule has 0 radical (unpaired) electrons. The van der Waals surface area contributed by atoms with E-state index in [4.69, 9.17) is 0 Å². The summed E-state index contributed by atoms with van der Waals surface area (Å²) in [5, 5.41) is 2.61. The number of aromatic nitrogens is 2. The molecule has 170 valence electrons. The number of H-pyrrole nitrogens is 1. The zero-order valence-electron chi connectivity index (χ0n) is 15.6. The molecule has 2 aromatic rings. The van der Waals surface area contributed by atoms with Crippen molar-refractivity contribution in [1.82, 2.24) is 14.3 Å². The summed E-state index contributed by atoms with van der Waals surface area (Å²) in [5.41, 5.74) is -3.68. The third-order valence-electron chi connectivity index (χ3n) is 4.64. The molecule has 1 aromatic heterocycles. The molecule has 3 rings (SSSR count). The number of sulfonamides is 1. The van der Waals surface area contributed by atoms with Gasteiger partial charge in [0.25, 0.3) is 5.56 Å². The van der Waals surface area contributed by atoms with Crippen molar-refractivity contribution < 1.29 is 34.8 Å². The highest BCUT2D eigenvalue weighted by molar-refractivity contribution is 7.89. The van der Waals surface area contributed by atoms with Crippen molar-refractivity contribution in [3.8, 4) is 0 Å². The molecule has 0 amide bonds. The lowest BCUT2D eigenvalue weighted by molar-refractivity contribution is -0.141. The topological polar surface area (TPSA) is 95.2 Å². The second kappa shape index (κ2) is 8.15. The van der Waals surface area contributed by atoms with Crippen molar-refractivity contribution in [2.24, 2.45) is 0 Å². The molecule has 1 fully saturated rings. The van der Waals surface area contributed by atoms with Crippen LogP contribution in [-0.4, -0.2) is 41.8 Å². The van der Waals surface area contributed by atoms with Crippen molar-refractivity contribution in [1.29, 1.82) is 0 Å². The van der Waals surface area contributed by atoms with Gasteiger partial charge in [0, 0.05) is 25.2 Å². The normalized spacial score (nSPS) is 17.0. The zero-order chi connectivity index (χ0) is 23.0. The fourth-order valence-corrected chi connectivity index (χ4v) is 4.85. The van der Waals surface area contributed by atoms with E-state index in [9.17, 15) is 39.6 Å². The molecule has 2 heterocycles. The first-order valence-corrected chi connectivity index (χ1v) is 10.3. The van der Waals surface area contributed by atoms with E-state index >= 15 is 0 Å². The average molecular weight is 470 g/mol. The molecule has 31 heavy (non-hydrogen) atoms. The van der Waals surface area contributed by atoms with Gasteiger partial charge in [-0.15, -0.1) is 0 Å². The van der Waals surface area contributed by atoms with Gasteiger partial charge in [0.05, 0.1) is 10.5 Å². The zero-order valence-corrected chi connectivity index (χ0v) is 16.4. The summed E-state index contributed by atoms with van der Waals surface area (Å²) in [7, 11) is -4.44. The highest BCUT2D eigenvalue weighted by Gasteiger charge is 2.40. The molecule has 1 saturated heterocycles. The van der Waals surface area contributed by atoms with Gasteiger partial charge in [-0.2, -0.15) is 30.6 Å². The van der Waals surface area contributed by atoms with Crippen LogP contribution in [0.3, 0.4) is 0 Å². The molecular weight excluding hydrogens is 454 g/mol. The summed E-state index contributed by atoms with van der Waals surface area (Å²) in [6.07, 6.45) is -9.53. The van der Waals surface area contributed by atoms with E-state index in [1.807, 2.05) is 0 Å². The van der Waals surface area contributed by atoms with Gasteiger partial charge in [0.15, 0.2) is 5.69 Å². The van der Waals surface area contributed by atoms with Gasteiger partial charge in [-0.05, 0) is 25.0 Å². The molecule has 0 atom stereocenters. The maximum atomic E-state index is 13.2. The highest BCUT2D eigenvalue weighted by Crippen LogP contribution is 2.35. The Balaban J connectivity index is 1.74. The second-order valence-electron chi connectivity index (χ2n) is 6.79. The monoisotopic (exact) mass is 470 g/mol. The molecule has 0 unspecified atom stereocenters. The molecule has 1 aliphatic heterocycles. The Morgan fingerprint density at radius 3 is 2.23 bits per heavy atom. The predicted octanol–water partition coefficient (Wildman–Crippen LogP) is 3.07. The van der Waals surface area contributed by atoms with Gasteiger partial charge < -0.3 is 5.32 Å². The molecule has 7 nitrogen and oxygen atoms in total. The number of nitrogens with one attached hydrogen (secondary N) is 2. The lowest BCUT2D eigenvalue weighted by Crippen LogP contribution is -2.43. The van der Waals surface area contributed by atoms with Crippen LogP contribution in [0.1, 0.15) is 24.1 Å². The Hall–Kier alpha value is -2.61. The highest BCUT2D eigenvalue weighted by atomic mass is 32.2. The minimum absolute atomic E-state index is 0.0768. The number of alkyl halides is 6. The van der Waals surface area contributed by atoms with E-state index in [-0.39, 0.29) is 25.9 Å². The Bertz CT molecular complexity index is 1110. The Kier molecular flexibility index (Phi) is 6.06. The molecule has 2 N–H and O–H groups in total. The predicted molar refractivity (Wildman–Crippen MR) is 96.7 cm³/mol. The Morgan fingerprint density at radius 1 is 1.03 bits per heavy atom. The van der Waals surface area contributed by atoms with Crippen molar-refractivity contribution in [2.75, 3.05) is 18.4 Å². The number of benzene rings is 1. The van der Waals surface area contributed by atoms with Gasteiger partial charge in [0.2, 0.25) is 16.0 Å². The molecule has 0 aliphatic carbocycles. The molecule has 0 spiro atoms. The average Bonchev–Trinajstić information content (AvgIpc) is 2.66. The summed E-state index contributed by atoms with van der Waals surface area (Å²) < 4.78 is 104. The summed E-state index contributed by atoms with van der Waals surface area (Å²) >= 11 is 0. The van der Waals surface area contributed by atoms with Crippen LogP contribution in [0.5, 0.6) is 0 Å².